The predicted octanol–water partition coefficient (Wildman–Crippen LogP) is 5.61. The first kappa shape index (κ1) is 25.5. The lowest BCUT2D eigenvalue weighted by Gasteiger charge is -2.26. The maximum Gasteiger partial charge on any atom is 0.321 e. The number of ether oxygens (including phenoxy) is 1. The van der Waals surface area contributed by atoms with E-state index >= 15 is 0 Å². The van der Waals surface area contributed by atoms with Crippen molar-refractivity contribution in [3.05, 3.63) is 28.8 Å². The smallest absolute Gasteiger partial charge is 0.321 e. The maximum absolute atomic E-state index is 11.5. The molecule has 1 fully saturated rings. The molecule has 0 amide bonds. The Balaban J connectivity index is 1.80. The number of hydrogen-bond acceptors (Lipinski definition) is 4. The average molecular weight is 454 g/mol. The van der Waals surface area contributed by atoms with Gasteiger partial charge in [0.25, 0.3) is 0 Å². The number of unbranched alkanes of at least 4 members (excludes halogenated alkanes) is 6. The number of benzene rings is 1. The molecule has 0 heterocycles. The Morgan fingerprint density at radius 1 is 1.13 bits per heavy atom. The molecule has 1 unspecified atom stereocenters. The minimum Gasteiger partial charge on any atom is -0.492 e. The SMILES string of the molecule is CCCCCCCCCOc1ccc(CN(C)C2CCC(C(=O)O)(C(=O)O)C2)cc1Cl. The van der Waals surface area contributed by atoms with Gasteiger partial charge in [-0.2, -0.15) is 0 Å². The van der Waals surface area contributed by atoms with Crippen LogP contribution in [0.1, 0.15) is 76.7 Å². The number of halogens is 1. The topological polar surface area (TPSA) is 87.1 Å². The van der Waals surface area contributed by atoms with Crippen LogP contribution in [-0.4, -0.2) is 46.7 Å². The van der Waals surface area contributed by atoms with Crippen LogP contribution in [0.15, 0.2) is 18.2 Å². The van der Waals surface area contributed by atoms with E-state index in [4.69, 9.17) is 16.3 Å². The highest BCUT2D eigenvalue weighted by atomic mass is 35.5. The quantitative estimate of drug-likeness (QED) is 0.281. The lowest BCUT2D eigenvalue weighted by molar-refractivity contribution is -0.164. The average Bonchev–Trinajstić information content (AvgIpc) is 3.19. The molecule has 0 bridgehead atoms. The fourth-order valence-corrected chi connectivity index (χ4v) is 4.55. The van der Waals surface area contributed by atoms with Crippen molar-refractivity contribution in [2.45, 2.75) is 83.7 Å². The molecular weight excluding hydrogens is 418 g/mol. The molecule has 0 aromatic heterocycles. The maximum atomic E-state index is 11.5. The van der Waals surface area contributed by atoms with Crippen LogP contribution in [0.3, 0.4) is 0 Å². The van der Waals surface area contributed by atoms with E-state index in [1.54, 1.807) is 0 Å². The van der Waals surface area contributed by atoms with Gasteiger partial charge in [-0.3, -0.25) is 14.5 Å². The molecule has 2 N–H and O–H groups in total. The molecule has 1 aromatic carbocycles. The van der Waals surface area contributed by atoms with Gasteiger partial charge in [0, 0.05) is 12.6 Å². The van der Waals surface area contributed by atoms with Crippen LogP contribution < -0.4 is 4.74 Å². The van der Waals surface area contributed by atoms with Crippen molar-refractivity contribution >= 4 is 23.5 Å². The van der Waals surface area contributed by atoms with Gasteiger partial charge in [0.2, 0.25) is 0 Å². The van der Waals surface area contributed by atoms with E-state index in [-0.39, 0.29) is 18.9 Å². The summed E-state index contributed by atoms with van der Waals surface area (Å²) in [5.74, 6) is -1.82. The number of rotatable bonds is 14. The summed E-state index contributed by atoms with van der Waals surface area (Å²) in [5, 5.41) is 19.4. The molecule has 31 heavy (non-hydrogen) atoms. The molecule has 0 aliphatic heterocycles. The van der Waals surface area contributed by atoms with E-state index in [0.717, 1.165) is 12.0 Å². The lowest BCUT2D eigenvalue weighted by atomic mass is 9.86. The fraction of sp³-hybridized carbons (Fsp3) is 0.667. The van der Waals surface area contributed by atoms with E-state index in [9.17, 15) is 19.8 Å². The first-order valence-corrected chi connectivity index (χ1v) is 11.8. The van der Waals surface area contributed by atoms with Crippen molar-refractivity contribution in [3.63, 3.8) is 0 Å². The second-order valence-electron chi connectivity index (χ2n) is 8.74. The lowest BCUT2D eigenvalue weighted by Crippen LogP contribution is -2.39. The molecule has 7 heteroatoms. The molecular formula is C24H36ClNO5. The third-order valence-electron chi connectivity index (χ3n) is 6.36. The van der Waals surface area contributed by atoms with Gasteiger partial charge >= 0.3 is 11.9 Å². The van der Waals surface area contributed by atoms with Crippen molar-refractivity contribution in [2.75, 3.05) is 13.7 Å². The second kappa shape index (κ2) is 12.3. The summed E-state index contributed by atoms with van der Waals surface area (Å²) in [5.41, 5.74) is -0.691. The molecule has 0 radical (unpaired) electrons. The molecule has 2 rings (SSSR count). The highest BCUT2D eigenvalue weighted by Gasteiger charge is 2.52. The van der Waals surface area contributed by atoms with E-state index in [1.807, 2.05) is 30.1 Å². The van der Waals surface area contributed by atoms with Crippen LogP contribution in [0.5, 0.6) is 5.75 Å². The van der Waals surface area contributed by atoms with Crippen LogP contribution in [0.25, 0.3) is 0 Å². The van der Waals surface area contributed by atoms with Gasteiger partial charge in [-0.15, -0.1) is 0 Å². The Labute approximate surface area is 190 Å². The summed E-state index contributed by atoms with van der Waals surface area (Å²) in [6.45, 7) is 3.44. The summed E-state index contributed by atoms with van der Waals surface area (Å²) in [7, 11) is 1.89. The van der Waals surface area contributed by atoms with Crippen LogP contribution >= 0.6 is 11.6 Å². The minimum absolute atomic E-state index is 0.0979. The van der Waals surface area contributed by atoms with Crippen molar-refractivity contribution in [3.8, 4) is 5.75 Å². The van der Waals surface area contributed by atoms with Gasteiger partial charge in [-0.25, -0.2) is 0 Å². The monoisotopic (exact) mass is 453 g/mol. The number of hydrogen-bond donors (Lipinski definition) is 2. The third kappa shape index (κ3) is 7.11. The van der Waals surface area contributed by atoms with E-state index in [0.29, 0.717) is 30.3 Å². The molecule has 0 spiro atoms. The molecule has 1 aliphatic carbocycles. The Hall–Kier alpha value is -1.79. The normalized spacial score (nSPS) is 17.7. The fourth-order valence-electron chi connectivity index (χ4n) is 4.29. The zero-order chi connectivity index (χ0) is 22.9. The Morgan fingerprint density at radius 3 is 2.35 bits per heavy atom. The van der Waals surface area contributed by atoms with E-state index in [2.05, 4.69) is 6.92 Å². The van der Waals surface area contributed by atoms with Crippen LogP contribution in [0.2, 0.25) is 5.02 Å². The standard InChI is InChI=1S/C24H36ClNO5/c1-3-4-5-6-7-8-9-14-31-21-11-10-18(15-20(21)25)17-26(2)19-12-13-24(16-19,22(27)28)23(29)30/h10-11,15,19H,3-9,12-14,16-17H2,1-2H3,(H,27,28)(H,29,30). The number of nitrogens with zero attached hydrogens (tertiary/aromatic N) is 1. The number of aliphatic carboxylic acids is 2. The largest absolute Gasteiger partial charge is 0.492 e. The number of carbonyl (C=O) groups is 2. The summed E-state index contributed by atoms with van der Waals surface area (Å²) in [6, 6.07) is 5.60. The summed E-state index contributed by atoms with van der Waals surface area (Å²) >= 11 is 6.40. The van der Waals surface area contributed by atoms with Gasteiger partial charge in [-0.05, 0) is 50.4 Å². The van der Waals surface area contributed by atoms with Crippen LogP contribution in [0.4, 0.5) is 0 Å². The summed E-state index contributed by atoms with van der Waals surface area (Å²) in [4.78, 5) is 25.1. The summed E-state index contributed by atoms with van der Waals surface area (Å²) in [6.07, 6.45) is 9.42. The predicted molar refractivity (Wildman–Crippen MR) is 122 cm³/mol. The highest BCUT2D eigenvalue weighted by Crippen LogP contribution is 2.41. The van der Waals surface area contributed by atoms with Gasteiger partial charge in [0.1, 0.15) is 5.75 Å². The minimum atomic E-state index is -1.68. The third-order valence-corrected chi connectivity index (χ3v) is 6.66. The van der Waals surface area contributed by atoms with Crippen molar-refractivity contribution in [2.24, 2.45) is 5.41 Å². The van der Waals surface area contributed by atoms with E-state index < -0.39 is 17.4 Å². The molecule has 1 aromatic rings. The van der Waals surface area contributed by atoms with Gasteiger partial charge < -0.3 is 14.9 Å². The highest BCUT2D eigenvalue weighted by molar-refractivity contribution is 6.32. The molecule has 0 saturated heterocycles. The first-order valence-electron chi connectivity index (χ1n) is 11.4. The molecule has 1 saturated carbocycles. The molecule has 6 nitrogen and oxygen atoms in total. The van der Waals surface area contributed by atoms with Gasteiger partial charge in [-0.1, -0.05) is 63.1 Å². The number of carboxylic acid groups (broad SMARTS) is 2. The zero-order valence-corrected chi connectivity index (χ0v) is 19.5. The van der Waals surface area contributed by atoms with E-state index in [1.165, 1.54) is 38.5 Å². The van der Waals surface area contributed by atoms with Gasteiger partial charge in [0.05, 0.1) is 11.6 Å². The number of carboxylic acids is 2. The van der Waals surface area contributed by atoms with Crippen molar-refractivity contribution in [1.82, 2.24) is 4.90 Å². The molecule has 1 atom stereocenters. The molecule has 1 aliphatic rings. The first-order chi connectivity index (χ1) is 14.8. The zero-order valence-electron chi connectivity index (χ0n) is 18.7. The Morgan fingerprint density at radius 2 is 1.77 bits per heavy atom. The Bertz CT molecular complexity index is 725. The van der Waals surface area contributed by atoms with Crippen molar-refractivity contribution < 1.29 is 24.5 Å². The van der Waals surface area contributed by atoms with Crippen LogP contribution in [0, 0.1) is 5.41 Å². The summed E-state index contributed by atoms with van der Waals surface area (Å²) < 4.78 is 5.83. The molecule has 174 valence electrons. The van der Waals surface area contributed by atoms with Gasteiger partial charge in [0.15, 0.2) is 5.41 Å². The van der Waals surface area contributed by atoms with Crippen LogP contribution in [-0.2, 0) is 16.1 Å². The van der Waals surface area contributed by atoms with Crippen molar-refractivity contribution in [1.29, 1.82) is 0 Å². The second-order valence-corrected chi connectivity index (χ2v) is 9.15. The Kier molecular flexibility index (Phi) is 10.1.